The minimum absolute atomic E-state index is 0.131. The lowest BCUT2D eigenvalue weighted by atomic mass is 10.4. The first-order valence-corrected chi connectivity index (χ1v) is 3.65. The molecule has 6 nitrogen and oxygen atoms in total. The van der Waals surface area contributed by atoms with Gasteiger partial charge in [0, 0.05) is 13.0 Å². The molecule has 0 saturated heterocycles. The number of nitriles is 1. The summed E-state index contributed by atoms with van der Waals surface area (Å²) in [6.45, 7) is -0.162. The van der Waals surface area contributed by atoms with Crippen molar-refractivity contribution in [2.75, 3.05) is 19.6 Å². The number of carbonyl (C=O) groups is 2. The highest BCUT2D eigenvalue weighted by atomic mass is 16.4. The Hall–Kier alpha value is -1.61. The molecule has 13 heavy (non-hydrogen) atoms. The van der Waals surface area contributed by atoms with Crippen LogP contribution in [-0.4, -0.2) is 41.5 Å². The van der Waals surface area contributed by atoms with Crippen LogP contribution in [0.3, 0.4) is 0 Å². The third-order valence-electron chi connectivity index (χ3n) is 1.28. The summed E-state index contributed by atoms with van der Waals surface area (Å²) in [6.07, 6.45) is 0.181. The lowest BCUT2D eigenvalue weighted by molar-refractivity contribution is -0.138. The molecule has 0 unspecified atom stereocenters. The maximum atomic E-state index is 10.5. The molecular formula is C7H11N3O3. The van der Waals surface area contributed by atoms with Crippen LogP contribution in [0.4, 0.5) is 0 Å². The second kappa shape index (κ2) is 5.97. The van der Waals surface area contributed by atoms with Crippen LogP contribution in [0, 0.1) is 11.3 Å². The van der Waals surface area contributed by atoms with Gasteiger partial charge in [-0.2, -0.15) is 5.26 Å². The minimum Gasteiger partial charge on any atom is -0.480 e. The van der Waals surface area contributed by atoms with Crippen LogP contribution in [0.15, 0.2) is 0 Å². The second-order valence-corrected chi connectivity index (χ2v) is 2.48. The van der Waals surface area contributed by atoms with Crippen molar-refractivity contribution in [2.45, 2.75) is 6.42 Å². The number of carboxylic acids is 1. The molecule has 0 bridgehead atoms. The van der Waals surface area contributed by atoms with Crippen LogP contribution < -0.4 is 5.73 Å². The Morgan fingerprint density at radius 3 is 2.46 bits per heavy atom. The number of nitrogens with zero attached hydrogens (tertiary/aromatic N) is 2. The summed E-state index contributed by atoms with van der Waals surface area (Å²) >= 11 is 0. The van der Waals surface area contributed by atoms with E-state index in [-0.39, 0.29) is 26.1 Å². The zero-order chi connectivity index (χ0) is 10.3. The van der Waals surface area contributed by atoms with Crippen molar-refractivity contribution in [3.05, 3.63) is 0 Å². The molecule has 1 amide bonds. The first kappa shape index (κ1) is 11.4. The molecule has 0 aromatic heterocycles. The van der Waals surface area contributed by atoms with Crippen LogP contribution in [0.1, 0.15) is 6.42 Å². The summed E-state index contributed by atoms with van der Waals surface area (Å²) in [5, 5.41) is 16.7. The Balaban J connectivity index is 3.96. The van der Waals surface area contributed by atoms with E-state index in [1.165, 1.54) is 4.90 Å². The third kappa shape index (κ3) is 6.77. The highest BCUT2D eigenvalue weighted by Crippen LogP contribution is 1.90. The fourth-order valence-electron chi connectivity index (χ4n) is 0.834. The maximum Gasteiger partial charge on any atom is 0.317 e. The first-order valence-electron chi connectivity index (χ1n) is 3.65. The predicted octanol–water partition coefficient (Wildman–Crippen LogP) is -1.23. The number of carbonyl (C=O) groups excluding carboxylic acids is 1. The van der Waals surface area contributed by atoms with Gasteiger partial charge in [0.1, 0.15) is 0 Å². The van der Waals surface area contributed by atoms with Crippen molar-refractivity contribution in [2.24, 2.45) is 5.73 Å². The number of amides is 1. The first-order chi connectivity index (χ1) is 6.06. The summed E-state index contributed by atoms with van der Waals surface area (Å²) in [6, 6.07) is 1.86. The second-order valence-electron chi connectivity index (χ2n) is 2.48. The van der Waals surface area contributed by atoms with Crippen molar-refractivity contribution in [1.29, 1.82) is 5.26 Å². The molecule has 0 fully saturated rings. The third-order valence-corrected chi connectivity index (χ3v) is 1.28. The van der Waals surface area contributed by atoms with E-state index < -0.39 is 11.9 Å². The lowest BCUT2D eigenvalue weighted by Gasteiger charge is -2.15. The Morgan fingerprint density at radius 1 is 1.46 bits per heavy atom. The average Bonchev–Trinajstić information content (AvgIpc) is 1.98. The van der Waals surface area contributed by atoms with E-state index in [0.717, 1.165) is 0 Å². The molecule has 0 rings (SSSR count). The summed E-state index contributed by atoms with van der Waals surface area (Å²) in [5.74, 6) is -1.64. The molecule has 0 radical (unpaired) electrons. The molecule has 0 aliphatic carbocycles. The predicted molar refractivity (Wildman–Crippen MR) is 43.5 cm³/mol. The number of rotatable bonds is 6. The van der Waals surface area contributed by atoms with Gasteiger partial charge in [0.25, 0.3) is 0 Å². The monoisotopic (exact) mass is 185 g/mol. The van der Waals surface area contributed by atoms with Gasteiger partial charge in [0.2, 0.25) is 5.91 Å². The van der Waals surface area contributed by atoms with E-state index >= 15 is 0 Å². The molecule has 0 aliphatic rings. The smallest absolute Gasteiger partial charge is 0.317 e. The van der Waals surface area contributed by atoms with E-state index in [1.807, 2.05) is 6.07 Å². The fraction of sp³-hybridized carbons (Fsp3) is 0.571. The van der Waals surface area contributed by atoms with Crippen LogP contribution in [0.25, 0.3) is 0 Å². The van der Waals surface area contributed by atoms with Crippen LogP contribution in [0.5, 0.6) is 0 Å². The molecule has 6 heteroatoms. The van der Waals surface area contributed by atoms with Gasteiger partial charge in [-0.25, -0.2) is 0 Å². The van der Waals surface area contributed by atoms with E-state index in [9.17, 15) is 9.59 Å². The average molecular weight is 185 g/mol. The van der Waals surface area contributed by atoms with E-state index in [1.54, 1.807) is 0 Å². The van der Waals surface area contributed by atoms with Crippen molar-refractivity contribution >= 4 is 11.9 Å². The molecular weight excluding hydrogens is 174 g/mol. The van der Waals surface area contributed by atoms with E-state index in [2.05, 4.69) is 0 Å². The van der Waals surface area contributed by atoms with Gasteiger partial charge in [-0.3, -0.25) is 14.5 Å². The van der Waals surface area contributed by atoms with Crippen molar-refractivity contribution in [1.82, 2.24) is 4.90 Å². The molecule has 0 aliphatic heterocycles. The number of hydrogen-bond acceptors (Lipinski definition) is 4. The topological polar surface area (TPSA) is 107 Å². The lowest BCUT2D eigenvalue weighted by Crippen LogP contribution is -2.37. The van der Waals surface area contributed by atoms with E-state index in [4.69, 9.17) is 16.1 Å². The summed E-state index contributed by atoms with van der Waals surface area (Å²) < 4.78 is 0. The number of hydrogen-bond donors (Lipinski definition) is 2. The van der Waals surface area contributed by atoms with Crippen LogP contribution in [0.2, 0.25) is 0 Å². The molecule has 0 aromatic carbocycles. The Morgan fingerprint density at radius 2 is 2.08 bits per heavy atom. The highest BCUT2D eigenvalue weighted by Gasteiger charge is 2.11. The summed E-state index contributed by atoms with van der Waals surface area (Å²) in [7, 11) is 0. The summed E-state index contributed by atoms with van der Waals surface area (Å²) in [5.41, 5.74) is 4.88. The van der Waals surface area contributed by atoms with Gasteiger partial charge >= 0.3 is 5.97 Å². The van der Waals surface area contributed by atoms with Gasteiger partial charge in [-0.15, -0.1) is 0 Å². The largest absolute Gasteiger partial charge is 0.480 e. The van der Waals surface area contributed by atoms with E-state index in [0.29, 0.717) is 0 Å². The number of aliphatic carboxylic acids is 1. The Bertz CT molecular complexity index is 218. The van der Waals surface area contributed by atoms with Gasteiger partial charge in [-0.05, 0) is 0 Å². The quantitative estimate of drug-likeness (QED) is 0.538. The molecule has 0 heterocycles. The van der Waals surface area contributed by atoms with Gasteiger partial charge in [0.15, 0.2) is 0 Å². The zero-order valence-corrected chi connectivity index (χ0v) is 7.06. The van der Waals surface area contributed by atoms with Gasteiger partial charge in [0.05, 0.1) is 19.2 Å². The summed E-state index contributed by atoms with van der Waals surface area (Å²) in [4.78, 5) is 22.1. The molecule has 72 valence electrons. The van der Waals surface area contributed by atoms with Crippen molar-refractivity contribution < 1.29 is 14.7 Å². The van der Waals surface area contributed by atoms with Crippen molar-refractivity contribution in [3.8, 4) is 6.07 Å². The SMILES string of the molecule is N#CCCN(CC(N)=O)CC(=O)O. The standard InChI is InChI=1S/C7H11N3O3/c8-2-1-3-10(4-6(9)11)5-7(12)13/h1,3-5H2,(H2,9,11)(H,12,13). The maximum absolute atomic E-state index is 10.5. The Kier molecular flexibility index (Phi) is 5.23. The number of carboxylic acid groups (broad SMARTS) is 1. The molecule has 0 saturated carbocycles. The molecule has 0 atom stereocenters. The fourth-order valence-corrected chi connectivity index (χ4v) is 0.834. The van der Waals surface area contributed by atoms with Crippen LogP contribution in [-0.2, 0) is 9.59 Å². The molecule has 0 aromatic rings. The van der Waals surface area contributed by atoms with Gasteiger partial charge < -0.3 is 10.8 Å². The normalized spacial score (nSPS) is 9.54. The zero-order valence-electron chi connectivity index (χ0n) is 7.06. The molecule has 0 spiro atoms. The van der Waals surface area contributed by atoms with Crippen molar-refractivity contribution in [3.63, 3.8) is 0 Å². The number of primary amides is 1. The number of nitrogens with two attached hydrogens (primary N) is 1. The molecule has 3 N–H and O–H groups in total. The van der Waals surface area contributed by atoms with Crippen LogP contribution >= 0.6 is 0 Å². The van der Waals surface area contributed by atoms with Gasteiger partial charge in [-0.1, -0.05) is 0 Å². The minimum atomic E-state index is -1.04. The Labute approximate surface area is 75.5 Å². The highest BCUT2D eigenvalue weighted by molar-refractivity contribution is 5.77.